The lowest BCUT2D eigenvalue weighted by molar-refractivity contribution is 0.355. The van der Waals surface area contributed by atoms with E-state index in [1.54, 1.807) is 6.20 Å². The second-order valence-electron chi connectivity index (χ2n) is 4.81. The van der Waals surface area contributed by atoms with Crippen molar-refractivity contribution in [3.8, 4) is 0 Å². The zero-order chi connectivity index (χ0) is 11.7. The summed E-state index contributed by atoms with van der Waals surface area (Å²) >= 11 is 9.44. The number of piperidine rings is 1. The molecule has 0 spiro atoms. The van der Waals surface area contributed by atoms with Gasteiger partial charge in [-0.15, -0.1) is 0 Å². The van der Waals surface area contributed by atoms with Gasteiger partial charge in [-0.3, -0.25) is 0 Å². The van der Waals surface area contributed by atoms with Gasteiger partial charge in [-0.05, 0) is 40.3 Å². The van der Waals surface area contributed by atoms with Gasteiger partial charge in [0, 0.05) is 19.3 Å². The molecular weight excluding hydrogens is 288 g/mol. The first-order chi connectivity index (χ1) is 7.56. The summed E-state index contributed by atoms with van der Waals surface area (Å²) < 4.78 is 0.987. The number of hydrogen-bond donors (Lipinski definition) is 0. The average molecular weight is 304 g/mol. The summed E-state index contributed by atoms with van der Waals surface area (Å²) in [4.78, 5) is 6.76. The minimum Gasteiger partial charge on any atom is -0.355 e. The van der Waals surface area contributed by atoms with Crippen molar-refractivity contribution < 1.29 is 0 Å². The van der Waals surface area contributed by atoms with Crippen molar-refractivity contribution in [2.75, 3.05) is 18.0 Å². The van der Waals surface area contributed by atoms with Crippen molar-refractivity contribution in [2.24, 2.45) is 11.8 Å². The molecule has 2 unspecified atom stereocenters. The Morgan fingerprint density at radius 2 is 2.00 bits per heavy atom. The fraction of sp³-hybridized carbons (Fsp3) is 0.583. The molecular formula is C12H16BrClN2. The first-order valence-corrected chi connectivity index (χ1v) is 6.79. The maximum absolute atomic E-state index is 5.90. The van der Waals surface area contributed by atoms with Gasteiger partial charge >= 0.3 is 0 Å². The van der Waals surface area contributed by atoms with E-state index in [9.17, 15) is 0 Å². The van der Waals surface area contributed by atoms with Gasteiger partial charge in [-0.2, -0.15) is 0 Å². The fourth-order valence-corrected chi connectivity index (χ4v) is 3.37. The minimum atomic E-state index is 0.675. The standard InChI is InChI=1S/C12H16BrClN2/c1-8-3-9(2)7-16(6-8)12-11(13)4-10(14)5-15-12/h4-5,8-9H,3,6-7H2,1-2H3. The van der Waals surface area contributed by atoms with Gasteiger partial charge < -0.3 is 4.90 Å². The second-order valence-corrected chi connectivity index (χ2v) is 6.10. The molecule has 16 heavy (non-hydrogen) atoms. The van der Waals surface area contributed by atoms with Crippen molar-refractivity contribution in [2.45, 2.75) is 20.3 Å². The van der Waals surface area contributed by atoms with Crippen LogP contribution in [0, 0.1) is 11.8 Å². The topological polar surface area (TPSA) is 16.1 Å². The molecule has 88 valence electrons. The van der Waals surface area contributed by atoms with Crippen LogP contribution < -0.4 is 4.90 Å². The first-order valence-electron chi connectivity index (χ1n) is 5.62. The molecule has 1 fully saturated rings. The van der Waals surface area contributed by atoms with Crippen LogP contribution >= 0.6 is 27.5 Å². The van der Waals surface area contributed by atoms with Gasteiger partial charge in [0.05, 0.1) is 9.50 Å². The highest BCUT2D eigenvalue weighted by Gasteiger charge is 2.23. The molecule has 2 rings (SSSR count). The minimum absolute atomic E-state index is 0.675. The summed E-state index contributed by atoms with van der Waals surface area (Å²) in [6.45, 7) is 6.76. The van der Waals surface area contributed by atoms with Crippen LogP contribution in [-0.4, -0.2) is 18.1 Å². The van der Waals surface area contributed by atoms with Crippen molar-refractivity contribution in [1.82, 2.24) is 4.98 Å². The molecule has 4 heteroatoms. The van der Waals surface area contributed by atoms with E-state index in [1.807, 2.05) is 6.07 Å². The van der Waals surface area contributed by atoms with E-state index in [0.29, 0.717) is 5.02 Å². The van der Waals surface area contributed by atoms with Crippen LogP contribution in [0.3, 0.4) is 0 Å². The number of hydrogen-bond acceptors (Lipinski definition) is 2. The van der Waals surface area contributed by atoms with Crippen molar-refractivity contribution in [3.63, 3.8) is 0 Å². The van der Waals surface area contributed by atoms with Crippen LogP contribution in [0.4, 0.5) is 5.82 Å². The lowest BCUT2D eigenvalue weighted by Crippen LogP contribution is -2.39. The van der Waals surface area contributed by atoms with E-state index in [0.717, 1.165) is 35.2 Å². The largest absolute Gasteiger partial charge is 0.355 e. The molecule has 2 heterocycles. The summed E-state index contributed by atoms with van der Waals surface area (Å²) in [6.07, 6.45) is 3.02. The van der Waals surface area contributed by atoms with Crippen LogP contribution in [-0.2, 0) is 0 Å². The Hall–Kier alpha value is -0.280. The zero-order valence-electron chi connectivity index (χ0n) is 9.58. The Balaban J connectivity index is 2.23. The van der Waals surface area contributed by atoms with Gasteiger partial charge in [0.25, 0.3) is 0 Å². The first kappa shape index (κ1) is 12.2. The smallest absolute Gasteiger partial charge is 0.142 e. The van der Waals surface area contributed by atoms with E-state index in [1.165, 1.54) is 6.42 Å². The summed E-state index contributed by atoms with van der Waals surface area (Å²) in [6, 6.07) is 1.91. The molecule has 0 aromatic carbocycles. The molecule has 1 aromatic rings. The van der Waals surface area contributed by atoms with E-state index in [4.69, 9.17) is 11.6 Å². The third kappa shape index (κ3) is 2.69. The predicted molar refractivity (Wildman–Crippen MR) is 72.1 cm³/mol. The molecule has 1 aliphatic heterocycles. The molecule has 2 nitrogen and oxygen atoms in total. The molecule has 0 N–H and O–H groups in total. The highest BCUT2D eigenvalue weighted by atomic mass is 79.9. The quantitative estimate of drug-likeness (QED) is 0.780. The fourth-order valence-electron chi connectivity index (χ4n) is 2.48. The maximum atomic E-state index is 5.90. The Bertz CT molecular complexity index is 373. The lowest BCUT2D eigenvalue weighted by atomic mass is 9.92. The third-order valence-corrected chi connectivity index (χ3v) is 3.75. The van der Waals surface area contributed by atoms with E-state index in [2.05, 4.69) is 39.7 Å². The summed E-state index contributed by atoms with van der Waals surface area (Å²) in [7, 11) is 0. The number of nitrogens with zero attached hydrogens (tertiary/aromatic N) is 2. The second kappa shape index (κ2) is 4.92. The average Bonchev–Trinajstić information content (AvgIpc) is 2.15. The van der Waals surface area contributed by atoms with Crippen molar-refractivity contribution in [3.05, 3.63) is 21.8 Å². The summed E-state index contributed by atoms with van der Waals surface area (Å²) in [5.41, 5.74) is 0. The zero-order valence-corrected chi connectivity index (χ0v) is 11.9. The Labute approximate surface area is 110 Å². The summed E-state index contributed by atoms with van der Waals surface area (Å²) in [5.74, 6) is 2.48. The highest BCUT2D eigenvalue weighted by molar-refractivity contribution is 9.10. The molecule has 0 amide bonds. The number of rotatable bonds is 1. The molecule has 0 aliphatic carbocycles. The SMILES string of the molecule is CC1CC(C)CN(c2ncc(Cl)cc2Br)C1. The van der Waals surface area contributed by atoms with Crippen LogP contribution in [0.15, 0.2) is 16.7 Å². The van der Waals surface area contributed by atoms with E-state index < -0.39 is 0 Å². The van der Waals surface area contributed by atoms with Crippen molar-refractivity contribution >= 4 is 33.3 Å². The van der Waals surface area contributed by atoms with E-state index >= 15 is 0 Å². The van der Waals surface area contributed by atoms with Gasteiger partial charge in [0.1, 0.15) is 5.82 Å². The van der Waals surface area contributed by atoms with Crippen LogP contribution in [0.25, 0.3) is 0 Å². The van der Waals surface area contributed by atoms with Crippen LogP contribution in [0.2, 0.25) is 5.02 Å². The lowest BCUT2D eigenvalue weighted by Gasteiger charge is -2.36. The van der Waals surface area contributed by atoms with Crippen LogP contribution in [0.1, 0.15) is 20.3 Å². The van der Waals surface area contributed by atoms with Gasteiger partial charge in [0.2, 0.25) is 0 Å². The maximum Gasteiger partial charge on any atom is 0.142 e. The van der Waals surface area contributed by atoms with Gasteiger partial charge in [-0.25, -0.2) is 4.98 Å². The van der Waals surface area contributed by atoms with Crippen molar-refractivity contribution in [1.29, 1.82) is 0 Å². The Morgan fingerprint density at radius 3 is 2.56 bits per heavy atom. The predicted octanol–water partition coefficient (Wildman–Crippen LogP) is 3.98. The van der Waals surface area contributed by atoms with Crippen LogP contribution in [0.5, 0.6) is 0 Å². The number of pyridine rings is 1. The molecule has 2 atom stereocenters. The van der Waals surface area contributed by atoms with Gasteiger partial charge in [-0.1, -0.05) is 25.4 Å². The third-order valence-electron chi connectivity index (χ3n) is 2.96. The molecule has 1 aromatic heterocycles. The molecule has 0 radical (unpaired) electrons. The normalized spacial score (nSPS) is 25.9. The molecule has 0 bridgehead atoms. The molecule has 0 saturated carbocycles. The Morgan fingerprint density at radius 1 is 1.38 bits per heavy atom. The number of anilines is 1. The molecule has 1 aliphatic rings. The number of aromatic nitrogens is 1. The monoisotopic (exact) mass is 302 g/mol. The number of halogens is 2. The highest BCUT2D eigenvalue weighted by Crippen LogP contribution is 2.31. The molecule has 1 saturated heterocycles. The van der Waals surface area contributed by atoms with E-state index in [-0.39, 0.29) is 0 Å². The Kier molecular flexibility index (Phi) is 3.75. The summed E-state index contributed by atoms with van der Waals surface area (Å²) in [5, 5.41) is 0.675. The van der Waals surface area contributed by atoms with Gasteiger partial charge in [0.15, 0.2) is 0 Å².